The van der Waals surface area contributed by atoms with E-state index in [9.17, 15) is 10.4 Å². The molecule has 1 saturated heterocycles. The zero-order chi connectivity index (χ0) is 12.8. The third-order valence-corrected chi connectivity index (χ3v) is 3.50. The van der Waals surface area contributed by atoms with Gasteiger partial charge in [0.1, 0.15) is 0 Å². The highest BCUT2D eigenvalue weighted by Crippen LogP contribution is 2.23. The van der Waals surface area contributed by atoms with Crippen LogP contribution in [0, 0.1) is 17.2 Å². The van der Waals surface area contributed by atoms with E-state index in [2.05, 4.69) is 16.0 Å². The molecular weight excluding hydrogens is 226 g/mol. The number of piperidine rings is 1. The van der Waals surface area contributed by atoms with Crippen molar-refractivity contribution in [1.82, 2.24) is 9.88 Å². The molecule has 1 aromatic heterocycles. The van der Waals surface area contributed by atoms with Gasteiger partial charge in [0.25, 0.3) is 0 Å². The van der Waals surface area contributed by atoms with E-state index in [-0.39, 0.29) is 5.92 Å². The molecule has 0 bridgehead atoms. The Hall–Kier alpha value is -1.44. The Morgan fingerprint density at radius 3 is 2.56 bits per heavy atom. The molecule has 96 valence electrons. The number of rotatable bonds is 4. The summed E-state index contributed by atoms with van der Waals surface area (Å²) < 4.78 is 0. The van der Waals surface area contributed by atoms with E-state index in [1.807, 2.05) is 0 Å². The number of nitriles is 1. The fourth-order valence-corrected chi connectivity index (χ4v) is 2.42. The summed E-state index contributed by atoms with van der Waals surface area (Å²) >= 11 is 0. The maximum atomic E-state index is 10.2. The van der Waals surface area contributed by atoms with Gasteiger partial charge in [-0.25, -0.2) is 0 Å². The summed E-state index contributed by atoms with van der Waals surface area (Å²) in [5.74, 6) is -0.370. The van der Waals surface area contributed by atoms with Gasteiger partial charge in [-0.1, -0.05) is 6.42 Å². The highest BCUT2D eigenvalue weighted by Gasteiger charge is 2.24. The molecule has 2 atom stereocenters. The van der Waals surface area contributed by atoms with Crippen molar-refractivity contribution in [3.8, 4) is 6.07 Å². The Labute approximate surface area is 108 Å². The molecule has 0 amide bonds. The van der Waals surface area contributed by atoms with Gasteiger partial charge in [0, 0.05) is 18.9 Å². The molecule has 0 spiro atoms. The van der Waals surface area contributed by atoms with Crippen LogP contribution in [0.3, 0.4) is 0 Å². The molecule has 18 heavy (non-hydrogen) atoms. The summed E-state index contributed by atoms with van der Waals surface area (Å²) in [4.78, 5) is 6.20. The van der Waals surface area contributed by atoms with Gasteiger partial charge in [0.2, 0.25) is 0 Å². The van der Waals surface area contributed by atoms with Gasteiger partial charge in [-0.15, -0.1) is 0 Å². The van der Waals surface area contributed by atoms with Crippen LogP contribution in [0.5, 0.6) is 0 Å². The van der Waals surface area contributed by atoms with Crippen LogP contribution < -0.4 is 0 Å². The molecule has 1 aliphatic rings. The summed E-state index contributed by atoms with van der Waals surface area (Å²) in [7, 11) is 0. The predicted octanol–water partition coefficient (Wildman–Crippen LogP) is 1.74. The molecule has 4 heteroatoms. The van der Waals surface area contributed by atoms with E-state index in [0.29, 0.717) is 6.54 Å². The molecule has 4 nitrogen and oxygen atoms in total. The average molecular weight is 245 g/mol. The van der Waals surface area contributed by atoms with Crippen LogP contribution in [0.2, 0.25) is 0 Å². The van der Waals surface area contributed by atoms with Crippen LogP contribution in [-0.4, -0.2) is 34.6 Å². The van der Waals surface area contributed by atoms with Crippen LogP contribution in [-0.2, 0) is 0 Å². The minimum atomic E-state index is -0.722. The van der Waals surface area contributed by atoms with Gasteiger partial charge in [-0.3, -0.25) is 4.98 Å². The largest absolute Gasteiger partial charge is 0.387 e. The number of pyridine rings is 1. The first-order valence-electron chi connectivity index (χ1n) is 6.51. The Balaban J connectivity index is 1.98. The van der Waals surface area contributed by atoms with Gasteiger partial charge in [-0.2, -0.15) is 5.26 Å². The maximum Gasteiger partial charge on any atom is 0.0961 e. The molecule has 1 N–H and O–H groups in total. The first kappa shape index (κ1) is 13.0. The van der Waals surface area contributed by atoms with E-state index < -0.39 is 6.10 Å². The van der Waals surface area contributed by atoms with Crippen molar-refractivity contribution in [3.05, 3.63) is 30.1 Å². The smallest absolute Gasteiger partial charge is 0.0961 e. The molecule has 0 aromatic carbocycles. The van der Waals surface area contributed by atoms with Gasteiger partial charge in [0.15, 0.2) is 0 Å². The van der Waals surface area contributed by atoms with Crippen molar-refractivity contribution in [2.24, 2.45) is 5.92 Å². The Kier molecular flexibility index (Phi) is 4.68. The molecule has 0 radical (unpaired) electrons. The van der Waals surface area contributed by atoms with Crippen molar-refractivity contribution in [2.45, 2.75) is 25.4 Å². The molecule has 1 fully saturated rings. The minimum Gasteiger partial charge on any atom is -0.387 e. The summed E-state index contributed by atoms with van der Waals surface area (Å²) in [6, 6.07) is 5.77. The van der Waals surface area contributed by atoms with E-state index in [1.54, 1.807) is 24.5 Å². The van der Waals surface area contributed by atoms with Gasteiger partial charge >= 0.3 is 0 Å². The number of nitrogens with zero attached hydrogens (tertiary/aromatic N) is 3. The quantitative estimate of drug-likeness (QED) is 0.877. The Bertz CT molecular complexity index is 395. The number of hydrogen-bond donors (Lipinski definition) is 1. The van der Waals surface area contributed by atoms with E-state index in [1.165, 1.54) is 19.3 Å². The number of aromatic nitrogens is 1. The van der Waals surface area contributed by atoms with Crippen LogP contribution >= 0.6 is 0 Å². The van der Waals surface area contributed by atoms with Gasteiger partial charge < -0.3 is 10.0 Å². The molecule has 2 heterocycles. The van der Waals surface area contributed by atoms with E-state index >= 15 is 0 Å². The molecule has 1 aliphatic heterocycles. The summed E-state index contributed by atoms with van der Waals surface area (Å²) in [6.07, 6.45) is 6.25. The van der Waals surface area contributed by atoms with E-state index in [0.717, 1.165) is 18.7 Å². The average Bonchev–Trinajstić information content (AvgIpc) is 2.46. The molecular formula is C14H19N3O. The first-order valence-corrected chi connectivity index (χ1v) is 6.51. The zero-order valence-corrected chi connectivity index (χ0v) is 10.5. The lowest BCUT2D eigenvalue weighted by Gasteiger charge is -2.29. The summed E-state index contributed by atoms with van der Waals surface area (Å²) in [6.45, 7) is 2.74. The normalized spacial score (nSPS) is 20.0. The topological polar surface area (TPSA) is 60.2 Å². The second-order valence-corrected chi connectivity index (χ2v) is 4.82. The van der Waals surface area contributed by atoms with Crippen LogP contribution in [0.4, 0.5) is 0 Å². The molecule has 2 rings (SSSR count). The van der Waals surface area contributed by atoms with Crippen LogP contribution in [0.1, 0.15) is 30.9 Å². The lowest BCUT2D eigenvalue weighted by molar-refractivity contribution is 0.0989. The molecule has 0 saturated carbocycles. The molecule has 0 unspecified atom stereocenters. The maximum absolute atomic E-state index is 10.2. The summed E-state index contributed by atoms with van der Waals surface area (Å²) in [5.41, 5.74) is 0.772. The van der Waals surface area contributed by atoms with Crippen molar-refractivity contribution >= 4 is 0 Å². The number of aliphatic hydroxyl groups is 1. The monoisotopic (exact) mass is 245 g/mol. The van der Waals surface area contributed by atoms with Gasteiger partial charge in [-0.05, 0) is 43.6 Å². The Morgan fingerprint density at radius 1 is 1.28 bits per heavy atom. The van der Waals surface area contributed by atoms with Crippen molar-refractivity contribution in [1.29, 1.82) is 5.26 Å². The highest BCUT2D eigenvalue weighted by atomic mass is 16.3. The van der Waals surface area contributed by atoms with Crippen molar-refractivity contribution in [2.75, 3.05) is 19.6 Å². The zero-order valence-electron chi connectivity index (χ0n) is 10.5. The van der Waals surface area contributed by atoms with E-state index in [4.69, 9.17) is 0 Å². The fourth-order valence-electron chi connectivity index (χ4n) is 2.42. The second-order valence-electron chi connectivity index (χ2n) is 4.82. The van der Waals surface area contributed by atoms with Crippen LogP contribution in [0.25, 0.3) is 0 Å². The second kappa shape index (κ2) is 6.48. The molecule has 1 aromatic rings. The van der Waals surface area contributed by atoms with Crippen molar-refractivity contribution < 1.29 is 5.11 Å². The van der Waals surface area contributed by atoms with Crippen molar-refractivity contribution in [3.63, 3.8) is 0 Å². The third-order valence-electron chi connectivity index (χ3n) is 3.50. The third kappa shape index (κ3) is 3.28. The number of likely N-dealkylation sites (tertiary alicyclic amines) is 1. The Morgan fingerprint density at radius 2 is 1.94 bits per heavy atom. The first-order chi connectivity index (χ1) is 8.81. The minimum absolute atomic E-state index is 0.370. The fraction of sp³-hybridized carbons (Fsp3) is 0.571. The highest BCUT2D eigenvalue weighted by molar-refractivity contribution is 5.16. The molecule has 0 aliphatic carbocycles. The summed E-state index contributed by atoms with van der Waals surface area (Å²) in [5, 5.41) is 19.5. The van der Waals surface area contributed by atoms with Crippen LogP contribution in [0.15, 0.2) is 24.5 Å². The number of aliphatic hydroxyl groups excluding tert-OH is 1. The lowest BCUT2D eigenvalue weighted by atomic mass is 9.96. The lowest BCUT2D eigenvalue weighted by Crippen LogP contribution is -2.35. The predicted molar refractivity (Wildman–Crippen MR) is 68.6 cm³/mol. The van der Waals surface area contributed by atoms with Gasteiger partial charge in [0.05, 0.1) is 18.1 Å². The number of hydrogen-bond acceptors (Lipinski definition) is 4. The standard InChI is InChI=1S/C14H19N3O/c15-10-13(11-17-8-2-1-3-9-17)14(18)12-4-6-16-7-5-12/h4-7,13-14,18H,1-3,8-9,11H2/t13-,14-/m1/s1. The SMILES string of the molecule is N#C[C@H](CN1CCCCC1)[C@H](O)c1ccncc1.